The van der Waals surface area contributed by atoms with Crippen molar-refractivity contribution in [2.45, 2.75) is 0 Å². The van der Waals surface area contributed by atoms with Crippen molar-refractivity contribution in [1.82, 2.24) is 0 Å². The Labute approximate surface area is 111 Å². The minimum absolute atomic E-state index is 0.145. The molecular weight excluding hydrogens is 335 g/mol. The monoisotopic (exact) mass is 342 g/mol. The van der Waals surface area contributed by atoms with E-state index in [0.717, 1.165) is 0 Å². The summed E-state index contributed by atoms with van der Waals surface area (Å²) in [5, 5.41) is 0. The molecule has 0 unspecified atom stereocenters. The number of hydrogen-bond acceptors (Lipinski definition) is 4. The zero-order valence-corrected chi connectivity index (χ0v) is 10.8. The van der Waals surface area contributed by atoms with Gasteiger partial charge in [-0.1, -0.05) is 34.7 Å². The standard InChI is InChI=1S/C12H7IO4/c13-6-11(16)17-10-3-1-2-7-8(14)4-5-9(15)12(7)10/h1-5H,6H2. The third-order valence-electron chi connectivity index (χ3n) is 2.26. The maximum atomic E-state index is 11.7. The number of ether oxygens (including phenoxy) is 1. The van der Waals surface area contributed by atoms with Crippen molar-refractivity contribution in [3.8, 4) is 5.75 Å². The number of carbonyl (C=O) groups is 3. The van der Waals surface area contributed by atoms with Crippen LogP contribution in [0, 0.1) is 0 Å². The number of rotatable bonds is 2. The second-order valence-corrected chi connectivity index (χ2v) is 4.11. The number of ketones is 2. The molecule has 0 spiro atoms. The number of halogens is 1. The quantitative estimate of drug-likeness (QED) is 0.357. The molecule has 0 atom stereocenters. The molecule has 1 aliphatic carbocycles. The van der Waals surface area contributed by atoms with Crippen LogP contribution in [0.2, 0.25) is 0 Å². The van der Waals surface area contributed by atoms with Crippen molar-refractivity contribution in [3.05, 3.63) is 41.5 Å². The lowest BCUT2D eigenvalue weighted by molar-refractivity contribution is -0.131. The first-order valence-electron chi connectivity index (χ1n) is 4.80. The Hall–Kier alpha value is -1.50. The molecule has 0 amide bonds. The van der Waals surface area contributed by atoms with Crippen LogP contribution >= 0.6 is 22.6 Å². The molecule has 1 aliphatic rings. The molecule has 0 heterocycles. The molecule has 0 N–H and O–H groups in total. The van der Waals surface area contributed by atoms with Gasteiger partial charge in [0.05, 0.1) is 9.99 Å². The molecular formula is C12H7IO4. The van der Waals surface area contributed by atoms with Crippen molar-refractivity contribution in [3.63, 3.8) is 0 Å². The first kappa shape index (κ1) is 12.0. The first-order valence-corrected chi connectivity index (χ1v) is 6.32. The molecule has 0 saturated carbocycles. The predicted octanol–water partition coefficient (Wildman–Crippen LogP) is 1.96. The third-order valence-corrected chi connectivity index (χ3v) is 2.88. The van der Waals surface area contributed by atoms with Crippen LogP contribution in [0.15, 0.2) is 30.4 Å². The van der Waals surface area contributed by atoms with Crippen LogP contribution in [0.3, 0.4) is 0 Å². The summed E-state index contributed by atoms with van der Waals surface area (Å²) < 4.78 is 5.21. The maximum absolute atomic E-state index is 11.7. The normalized spacial score (nSPS) is 13.5. The lowest BCUT2D eigenvalue weighted by atomic mass is 9.94. The molecule has 0 bridgehead atoms. The molecule has 1 aromatic rings. The van der Waals surface area contributed by atoms with E-state index in [1.807, 2.05) is 22.6 Å². The Morgan fingerprint density at radius 3 is 2.59 bits per heavy atom. The van der Waals surface area contributed by atoms with Crippen LogP contribution in [-0.2, 0) is 4.79 Å². The number of hydrogen-bond donors (Lipinski definition) is 0. The molecule has 0 radical (unpaired) electrons. The lowest BCUT2D eigenvalue weighted by Crippen LogP contribution is -2.16. The van der Waals surface area contributed by atoms with E-state index in [-0.39, 0.29) is 32.9 Å². The largest absolute Gasteiger partial charge is 0.425 e. The number of allylic oxidation sites excluding steroid dienone is 2. The highest BCUT2D eigenvalue weighted by Crippen LogP contribution is 2.27. The third kappa shape index (κ3) is 2.28. The Balaban J connectivity index is 2.50. The minimum Gasteiger partial charge on any atom is -0.425 e. The molecule has 5 heteroatoms. The fourth-order valence-electron chi connectivity index (χ4n) is 1.55. The molecule has 17 heavy (non-hydrogen) atoms. The zero-order valence-electron chi connectivity index (χ0n) is 8.60. The smallest absolute Gasteiger partial charge is 0.321 e. The summed E-state index contributed by atoms with van der Waals surface area (Å²) in [7, 11) is 0. The van der Waals surface area contributed by atoms with Gasteiger partial charge in [-0.25, -0.2) is 0 Å². The van der Waals surface area contributed by atoms with Gasteiger partial charge in [0.1, 0.15) is 5.75 Å². The number of esters is 1. The van der Waals surface area contributed by atoms with Gasteiger partial charge in [0.2, 0.25) is 0 Å². The summed E-state index contributed by atoms with van der Waals surface area (Å²) in [5.74, 6) is -0.885. The molecule has 2 rings (SSSR count). The van der Waals surface area contributed by atoms with Crippen LogP contribution in [-0.4, -0.2) is 22.0 Å². The van der Waals surface area contributed by atoms with E-state index < -0.39 is 5.97 Å². The van der Waals surface area contributed by atoms with E-state index in [1.165, 1.54) is 18.2 Å². The van der Waals surface area contributed by atoms with Crippen molar-refractivity contribution in [1.29, 1.82) is 0 Å². The summed E-state index contributed by atoms with van der Waals surface area (Å²) in [6.07, 6.45) is 2.40. The fourth-order valence-corrected chi connectivity index (χ4v) is 1.71. The number of benzene rings is 1. The molecule has 0 saturated heterocycles. The van der Waals surface area contributed by atoms with E-state index in [0.29, 0.717) is 0 Å². The van der Waals surface area contributed by atoms with Crippen molar-refractivity contribution in [2.24, 2.45) is 0 Å². The molecule has 0 aliphatic heterocycles. The van der Waals surface area contributed by atoms with E-state index in [9.17, 15) is 14.4 Å². The molecule has 86 valence electrons. The summed E-state index contributed by atoms with van der Waals surface area (Å²) in [6.45, 7) is 0. The zero-order chi connectivity index (χ0) is 12.4. The van der Waals surface area contributed by atoms with E-state index in [4.69, 9.17) is 4.74 Å². The molecule has 4 nitrogen and oxygen atoms in total. The summed E-state index contributed by atoms with van der Waals surface area (Å²) in [6, 6.07) is 4.63. The van der Waals surface area contributed by atoms with Crippen molar-refractivity contribution < 1.29 is 19.1 Å². The molecule has 0 aromatic heterocycles. The topological polar surface area (TPSA) is 60.4 Å². The highest BCUT2D eigenvalue weighted by molar-refractivity contribution is 14.1. The minimum atomic E-state index is -0.450. The van der Waals surface area contributed by atoms with Crippen LogP contribution in [0.4, 0.5) is 0 Å². The van der Waals surface area contributed by atoms with E-state index >= 15 is 0 Å². The highest BCUT2D eigenvalue weighted by Gasteiger charge is 2.23. The Kier molecular flexibility index (Phi) is 3.37. The van der Waals surface area contributed by atoms with Crippen LogP contribution < -0.4 is 4.74 Å². The van der Waals surface area contributed by atoms with Gasteiger partial charge in [0.15, 0.2) is 11.6 Å². The molecule has 0 fully saturated rings. The summed E-state index contributed by atoms with van der Waals surface area (Å²) in [5.41, 5.74) is 0.439. The second kappa shape index (κ2) is 4.79. The van der Waals surface area contributed by atoms with Gasteiger partial charge >= 0.3 is 5.97 Å². The van der Waals surface area contributed by atoms with E-state index in [2.05, 4.69) is 0 Å². The average Bonchev–Trinajstić information content (AvgIpc) is 2.34. The van der Waals surface area contributed by atoms with Gasteiger partial charge in [0, 0.05) is 5.56 Å². The van der Waals surface area contributed by atoms with Gasteiger partial charge in [-0.3, -0.25) is 14.4 Å². The Morgan fingerprint density at radius 2 is 1.88 bits per heavy atom. The fraction of sp³-hybridized carbons (Fsp3) is 0.0833. The maximum Gasteiger partial charge on any atom is 0.321 e. The van der Waals surface area contributed by atoms with Crippen molar-refractivity contribution >= 4 is 40.1 Å². The predicted molar refractivity (Wildman–Crippen MR) is 68.8 cm³/mol. The average molecular weight is 342 g/mol. The van der Waals surface area contributed by atoms with Gasteiger partial charge in [-0.15, -0.1) is 0 Å². The first-order chi connectivity index (χ1) is 8.13. The Bertz CT molecular complexity index is 545. The van der Waals surface area contributed by atoms with Gasteiger partial charge in [-0.2, -0.15) is 0 Å². The van der Waals surface area contributed by atoms with E-state index in [1.54, 1.807) is 12.1 Å². The van der Waals surface area contributed by atoms with Crippen LogP contribution in [0.1, 0.15) is 20.7 Å². The van der Waals surface area contributed by atoms with Gasteiger partial charge < -0.3 is 4.74 Å². The summed E-state index contributed by atoms with van der Waals surface area (Å²) in [4.78, 5) is 34.5. The lowest BCUT2D eigenvalue weighted by Gasteiger charge is -2.13. The SMILES string of the molecule is O=C(CI)Oc1cccc2c1C(=O)C=CC2=O. The molecule has 1 aromatic carbocycles. The number of carbonyl (C=O) groups excluding carboxylic acids is 3. The number of fused-ring (bicyclic) bond motifs is 1. The van der Waals surface area contributed by atoms with Crippen LogP contribution in [0.5, 0.6) is 5.75 Å². The van der Waals surface area contributed by atoms with Gasteiger partial charge in [-0.05, 0) is 18.2 Å². The van der Waals surface area contributed by atoms with Crippen LogP contribution in [0.25, 0.3) is 0 Å². The highest BCUT2D eigenvalue weighted by atomic mass is 127. The Morgan fingerprint density at radius 1 is 1.18 bits per heavy atom. The number of alkyl halides is 1. The van der Waals surface area contributed by atoms with Crippen molar-refractivity contribution in [2.75, 3.05) is 4.43 Å². The van der Waals surface area contributed by atoms with Gasteiger partial charge in [0.25, 0.3) is 0 Å². The summed E-state index contributed by atoms with van der Waals surface area (Å²) >= 11 is 1.86. The second-order valence-electron chi connectivity index (χ2n) is 3.35.